The number of hydrogen-bond donors (Lipinski definition) is 2. The summed E-state index contributed by atoms with van der Waals surface area (Å²) in [6.07, 6.45) is 0.999. The van der Waals surface area contributed by atoms with E-state index < -0.39 is 6.09 Å². The lowest BCUT2D eigenvalue weighted by Crippen LogP contribution is -2.21. The third-order valence-corrected chi connectivity index (χ3v) is 3.35. The standard InChI is InChI=1S/C15H21N5O3/c1-5-6-9(2)23-15(22)17-14-13(18-19-20(14)4)11-7-8-12(21)10(3)16-11/h7-9,21H,5-6H2,1-4H3,(H,17,22)/t9-/m1/s1. The molecule has 1 atom stereocenters. The number of nitrogens with one attached hydrogen (secondary N) is 1. The van der Waals surface area contributed by atoms with Crippen LogP contribution >= 0.6 is 0 Å². The quantitative estimate of drug-likeness (QED) is 0.878. The molecule has 0 aliphatic heterocycles. The maximum absolute atomic E-state index is 12.0. The highest BCUT2D eigenvalue weighted by Gasteiger charge is 2.19. The number of amides is 1. The number of anilines is 1. The Morgan fingerprint density at radius 3 is 2.87 bits per heavy atom. The molecule has 0 fully saturated rings. The maximum Gasteiger partial charge on any atom is 0.413 e. The molecule has 0 aromatic carbocycles. The number of aromatic nitrogens is 4. The second-order valence-electron chi connectivity index (χ2n) is 5.34. The van der Waals surface area contributed by atoms with Crippen molar-refractivity contribution in [1.82, 2.24) is 20.0 Å². The Balaban J connectivity index is 2.21. The van der Waals surface area contributed by atoms with E-state index in [1.807, 2.05) is 13.8 Å². The lowest BCUT2D eigenvalue weighted by atomic mass is 10.2. The molecule has 1 amide bonds. The number of nitrogens with zero attached hydrogens (tertiary/aromatic N) is 4. The minimum absolute atomic E-state index is 0.0972. The van der Waals surface area contributed by atoms with Crippen molar-refractivity contribution in [3.63, 3.8) is 0 Å². The van der Waals surface area contributed by atoms with E-state index in [2.05, 4.69) is 20.6 Å². The third-order valence-electron chi connectivity index (χ3n) is 3.35. The zero-order valence-electron chi connectivity index (χ0n) is 13.7. The minimum Gasteiger partial charge on any atom is -0.506 e. The Morgan fingerprint density at radius 1 is 1.48 bits per heavy atom. The molecule has 23 heavy (non-hydrogen) atoms. The van der Waals surface area contributed by atoms with Crippen LogP contribution in [0, 0.1) is 6.92 Å². The molecule has 0 saturated carbocycles. The van der Waals surface area contributed by atoms with Crippen LogP contribution in [-0.4, -0.2) is 37.3 Å². The van der Waals surface area contributed by atoms with Crippen molar-refractivity contribution in [2.75, 3.05) is 5.32 Å². The fraction of sp³-hybridized carbons (Fsp3) is 0.467. The lowest BCUT2D eigenvalue weighted by Gasteiger charge is -2.13. The molecule has 8 nitrogen and oxygen atoms in total. The average molecular weight is 319 g/mol. The molecular weight excluding hydrogens is 298 g/mol. The summed E-state index contributed by atoms with van der Waals surface area (Å²) in [4.78, 5) is 16.2. The topological polar surface area (TPSA) is 102 Å². The highest BCUT2D eigenvalue weighted by Crippen LogP contribution is 2.26. The van der Waals surface area contributed by atoms with Crippen LogP contribution in [-0.2, 0) is 11.8 Å². The molecule has 0 saturated heterocycles. The Hall–Kier alpha value is -2.64. The van der Waals surface area contributed by atoms with Gasteiger partial charge in [-0.3, -0.25) is 5.32 Å². The number of ether oxygens (including phenoxy) is 1. The third kappa shape index (κ3) is 3.97. The fourth-order valence-corrected chi connectivity index (χ4v) is 2.13. The van der Waals surface area contributed by atoms with Crippen molar-refractivity contribution in [3.8, 4) is 17.1 Å². The molecule has 2 heterocycles. The van der Waals surface area contributed by atoms with Gasteiger partial charge in [0, 0.05) is 7.05 Å². The molecule has 0 bridgehead atoms. The molecular formula is C15H21N5O3. The second kappa shape index (κ2) is 7.08. The van der Waals surface area contributed by atoms with Gasteiger partial charge in [-0.1, -0.05) is 18.6 Å². The van der Waals surface area contributed by atoms with E-state index >= 15 is 0 Å². The van der Waals surface area contributed by atoms with Crippen LogP contribution in [0.5, 0.6) is 5.75 Å². The van der Waals surface area contributed by atoms with Crippen molar-refractivity contribution in [3.05, 3.63) is 17.8 Å². The number of aryl methyl sites for hydroxylation is 2. The van der Waals surface area contributed by atoms with Gasteiger partial charge in [-0.25, -0.2) is 14.5 Å². The zero-order chi connectivity index (χ0) is 17.0. The number of rotatable bonds is 5. The average Bonchev–Trinajstić information content (AvgIpc) is 2.83. The molecule has 2 rings (SSSR count). The first-order valence-corrected chi connectivity index (χ1v) is 7.46. The van der Waals surface area contributed by atoms with Gasteiger partial charge >= 0.3 is 6.09 Å². The summed E-state index contributed by atoms with van der Waals surface area (Å²) in [5.74, 6) is 0.483. The van der Waals surface area contributed by atoms with Crippen LogP contribution < -0.4 is 5.32 Å². The van der Waals surface area contributed by atoms with Crippen LogP contribution in [0.1, 0.15) is 32.4 Å². The first-order valence-electron chi connectivity index (χ1n) is 7.46. The molecule has 124 valence electrons. The Labute approximate surface area is 134 Å². The van der Waals surface area contributed by atoms with Gasteiger partial charge in [-0.05, 0) is 32.4 Å². The van der Waals surface area contributed by atoms with Crippen molar-refractivity contribution in [2.24, 2.45) is 7.05 Å². The number of carbonyl (C=O) groups is 1. The van der Waals surface area contributed by atoms with Gasteiger partial charge in [0.05, 0.1) is 11.4 Å². The number of aromatic hydroxyl groups is 1. The molecule has 2 aromatic heterocycles. The number of carbonyl (C=O) groups excluding carboxylic acids is 1. The Morgan fingerprint density at radius 2 is 2.22 bits per heavy atom. The minimum atomic E-state index is -0.562. The van der Waals surface area contributed by atoms with E-state index in [0.717, 1.165) is 12.8 Å². The fourth-order valence-electron chi connectivity index (χ4n) is 2.13. The summed E-state index contributed by atoms with van der Waals surface area (Å²) in [5, 5.41) is 20.2. The van der Waals surface area contributed by atoms with Crippen LogP contribution in [0.15, 0.2) is 12.1 Å². The van der Waals surface area contributed by atoms with Gasteiger partial charge in [0.15, 0.2) is 11.5 Å². The molecule has 2 N–H and O–H groups in total. The predicted octanol–water partition coefficient (Wildman–Crippen LogP) is 2.63. The molecule has 8 heteroatoms. The van der Waals surface area contributed by atoms with E-state index in [0.29, 0.717) is 22.9 Å². The zero-order valence-corrected chi connectivity index (χ0v) is 13.7. The van der Waals surface area contributed by atoms with Crippen LogP contribution in [0.25, 0.3) is 11.4 Å². The van der Waals surface area contributed by atoms with Gasteiger partial charge in [0.25, 0.3) is 0 Å². The Bertz CT molecular complexity index is 698. The van der Waals surface area contributed by atoms with E-state index in [9.17, 15) is 9.90 Å². The van der Waals surface area contributed by atoms with Gasteiger partial charge in [-0.2, -0.15) is 0 Å². The van der Waals surface area contributed by atoms with Gasteiger partial charge in [0.2, 0.25) is 0 Å². The highest BCUT2D eigenvalue weighted by molar-refractivity contribution is 5.88. The van der Waals surface area contributed by atoms with Gasteiger partial charge < -0.3 is 9.84 Å². The number of hydrogen-bond acceptors (Lipinski definition) is 6. The van der Waals surface area contributed by atoms with Crippen LogP contribution in [0.4, 0.5) is 10.6 Å². The summed E-state index contributed by atoms with van der Waals surface area (Å²) < 4.78 is 6.71. The van der Waals surface area contributed by atoms with Gasteiger partial charge in [-0.15, -0.1) is 5.10 Å². The van der Waals surface area contributed by atoms with E-state index in [1.54, 1.807) is 20.0 Å². The van der Waals surface area contributed by atoms with E-state index in [1.165, 1.54) is 10.7 Å². The second-order valence-corrected chi connectivity index (χ2v) is 5.34. The molecule has 0 aliphatic carbocycles. The normalized spacial score (nSPS) is 12.0. The van der Waals surface area contributed by atoms with Gasteiger partial charge in [0.1, 0.15) is 11.9 Å². The summed E-state index contributed by atoms with van der Waals surface area (Å²) >= 11 is 0. The molecule has 0 radical (unpaired) electrons. The molecule has 0 aliphatic rings. The van der Waals surface area contributed by atoms with E-state index in [-0.39, 0.29) is 11.9 Å². The largest absolute Gasteiger partial charge is 0.506 e. The van der Waals surface area contributed by atoms with Crippen molar-refractivity contribution >= 4 is 11.9 Å². The SMILES string of the molecule is CCC[C@@H](C)OC(=O)Nc1c(-c2ccc(O)c(C)n2)nnn1C. The van der Waals surface area contributed by atoms with E-state index in [4.69, 9.17) is 4.74 Å². The summed E-state index contributed by atoms with van der Waals surface area (Å²) in [5.41, 5.74) is 1.39. The van der Waals surface area contributed by atoms with Crippen molar-refractivity contribution in [1.29, 1.82) is 0 Å². The summed E-state index contributed by atoms with van der Waals surface area (Å²) in [7, 11) is 1.66. The Kier molecular flexibility index (Phi) is 5.15. The van der Waals surface area contributed by atoms with Crippen molar-refractivity contribution in [2.45, 2.75) is 39.7 Å². The number of pyridine rings is 1. The maximum atomic E-state index is 12.0. The predicted molar refractivity (Wildman–Crippen MR) is 85.1 cm³/mol. The molecule has 0 unspecified atom stereocenters. The lowest BCUT2D eigenvalue weighted by molar-refractivity contribution is 0.115. The molecule has 0 spiro atoms. The highest BCUT2D eigenvalue weighted by atomic mass is 16.6. The van der Waals surface area contributed by atoms with Crippen LogP contribution in [0.3, 0.4) is 0 Å². The van der Waals surface area contributed by atoms with Crippen molar-refractivity contribution < 1.29 is 14.6 Å². The first kappa shape index (κ1) is 16.7. The summed E-state index contributed by atoms with van der Waals surface area (Å²) in [6.45, 7) is 5.55. The molecule has 2 aromatic rings. The van der Waals surface area contributed by atoms with Crippen LogP contribution in [0.2, 0.25) is 0 Å². The monoisotopic (exact) mass is 319 g/mol. The first-order chi connectivity index (χ1) is 10.9. The summed E-state index contributed by atoms with van der Waals surface area (Å²) in [6, 6.07) is 3.14. The smallest absolute Gasteiger partial charge is 0.413 e.